The Labute approximate surface area is 296 Å². The summed E-state index contributed by atoms with van der Waals surface area (Å²) in [6.45, 7) is 7.77. The molecule has 0 N–H and O–H groups in total. The first-order valence-corrected chi connectivity index (χ1v) is 20.1. The molecule has 0 aliphatic carbocycles. The highest BCUT2D eigenvalue weighted by Crippen LogP contribution is 2.41. The van der Waals surface area contributed by atoms with Crippen molar-refractivity contribution in [2.75, 3.05) is 31.1 Å². The zero-order chi connectivity index (χ0) is 35.0. The van der Waals surface area contributed by atoms with Gasteiger partial charge in [0.25, 0.3) is 0 Å². The van der Waals surface area contributed by atoms with Crippen LogP contribution in [-0.4, -0.2) is 45.7 Å². The van der Waals surface area contributed by atoms with Crippen LogP contribution in [0.3, 0.4) is 0 Å². The summed E-state index contributed by atoms with van der Waals surface area (Å²) in [7, 11) is -0.715. The summed E-state index contributed by atoms with van der Waals surface area (Å²) in [4.78, 5) is 10.4. The number of aromatic nitrogens is 3. The lowest BCUT2D eigenvalue weighted by molar-refractivity contribution is 0.0934. The van der Waals surface area contributed by atoms with Gasteiger partial charge in [-0.25, -0.2) is 19.4 Å². The van der Waals surface area contributed by atoms with E-state index in [1.54, 1.807) is 6.07 Å². The number of benzene rings is 5. The summed E-state index contributed by atoms with van der Waals surface area (Å²) in [5.74, 6) is 1.55. The van der Waals surface area contributed by atoms with Crippen molar-refractivity contribution in [1.29, 1.82) is 0 Å². The molecule has 0 saturated carbocycles. The van der Waals surface area contributed by atoms with E-state index in [1.165, 1.54) is 22.4 Å². The van der Waals surface area contributed by atoms with Gasteiger partial charge in [0.1, 0.15) is 23.9 Å². The third-order valence-electron chi connectivity index (χ3n) is 9.22. The minimum Gasteiger partial charge on any atom is -0.360 e. The van der Waals surface area contributed by atoms with Gasteiger partial charge in [0.05, 0.1) is 17.8 Å². The minimum absolute atomic E-state index is 0.0680. The second-order valence-electron chi connectivity index (χ2n) is 14.8. The van der Waals surface area contributed by atoms with E-state index in [1.807, 2.05) is 54.7 Å². The van der Waals surface area contributed by atoms with Crippen molar-refractivity contribution in [3.8, 4) is 44.9 Å². The second kappa shape index (κ2) is 13.5. The van der Waals surface area contributed by atoms with E-state index in [2.05, 4.69) is 98.7 Å². The molecule has 0 amide bonds. The lowest BCUT2D eigenvalue weighted by Crippen LogP contribution is -2.12. The average Bonchev–Trinajstić information content (AvgIpc) is 3.47. The molecular formula is C44H44FN3OS. The molecule has 4 nitrogen and oxygen atoms in total. The van der Waals surface area contributed by atoms with Gasteiger partial charge in [-0.05, 0) is 81.5 Å². The van der Waals surface area contributed by atoms with Crippen LogP contribution in [0.4, 0.5) is 4.39 Å². The number of fused-ring (bicyclic) bond motifs is 2. The molecule has 2 heterocycles. The second-order valence-corrected chi connectivity index (χ2v) is 19.4. The molecule has 0 aliphatic heterocycles. The average molecular weight is 682 g/mol. The number of nitrogens with zero attached hydrogens (tertiary/aromatic N) is 3. The Balaban J connectivity index is 1.44. The van der Waals surface area contributed by atoms with Crippen molar-refractivity contribution in [3.05, 3.63) is 133 Å². The van der Waals surface area contributed by atoms with Gasteiger partial charge in [0, 0.05) is 28.6 Å². The van der Waals surface area contributed by atoms with Gasteiger partial charge in [-0.15, -0.1) is 0 Å². The highest BCUT2D eigenvalue weighted by Gasteiger charge is 2.23. The maximum Gasteiger partial charge on any atom is 0.143 e. The number of rotatable bonds is 9. The van der Waals surface area contributed by atoms with Crippen LogP contribution in [0.2, 0.25) is 0 Å². The zero-order valence-electron chi connectivity index (χ0n) is 29.7. The maximum absolute atomic E-state index is 15.2. The van der Waals surface area contributed by atoms with E-state index in [-0.39, 0.29) is 11.2 Å². The first kappa shape index (κ1) is 33.7. The van der Waals surface area contributed by atoms with Crippen LogP contribution >= 0.6 is 10.0 Å². The van der Waals surface area contributed by atoms with Crippen LogP contribution in [0.5, 0.6) is 0 Å². The molecule has 6 heteroatoms. The van der Waals surface area contributed by atoms with Crippen molar-refractivity contribution in [3.63, 3.8) is 0 Å². The fourth-order valence-corrected chi connectivity index (χ4v) is 7.30. The predicted octanol–water partition coefficient (Wildman–Crippen LogP) is 11.4. The monoisotopic (exact) mass is 681 g/mol. The molecule has 0 bridgehead atoms. The Kier molecular flexibility index (Phi) is 9.10. The molecule has 0 spiro atoms. The molecule has 7 aromatic rings. The molecule has 0 unspecified atom stereocenters. The van der Waals surface area contributed by atoms with Gasteiger partial charge in [0.15, 0.2) is 0 Å². The molecule has 5 aromatic carbocycles. The van der Waals surface area contributed by atoms with Gasteiger partial charge in [-0.3, -0.25) is 9.55 Å². The lowest BCUT2D eigenvalue weighted by atomic mass is 9.82. The Morgan fingerprint density at radius 3 is 2.00 bits per heavy atom. The molecular weight excluding hydrogens is 638 g/mol. The summed E-state index contributed by atoms with van der Waals surface area (Å²) in [5.41, 5.74) is 9.09. The van der Waals surface area contributed by atoms with Crippen molar-refractivity contribution >= 4 is 31.8 Å². The number of hydrogen-bond acceptors (Lipinski definition) is 3. The molecule has 0 aliphatic rings. The van der Waals surface area contributed by atoms with E-state index >= 15 is 4.39 Å². The summed E-state index contributed by atoms with van der Waals surface area (Å²) >= 11 is 0. The number of halogens is 1. The SMILES string of the molecule is CC(C)(C)c1cc(-c2nccc3c2nc(-c2ccccc2-c2ccccc2-c2ccccc2F)n3COCCS(C)(C)C)cc2ccccc12. The molecule has 0 atom stereocenters. The Morgan fingerprint density at radius 1 is 0.720 bits per heavy atom. The van der Waals surface area contributed by atoms with Crippen LogP contribution < -0.4 is 0 Å². The molecule has 254 valence electrons. The molecule has 0 fully saturated rings. The quantitative estimate of drug-likeness (QED) is 0.142. The topological polar surface area (TPSA) is 39.9 Å². The van der Waals surface area contributed by atoms with E-state index in [0.717, 1.165) is 56.1 Å². The number of imidazole rings is 1. The molecule has 50 heavy (non-hydrogen) atoms. The van der Waals surface area contributed by atoms with Crippen molar-refractivity contribution in [2.45, 2.75) is 32.9 Å². The van der Waals surface area contributed by atoms with Crippen LogP contribution in [0.15, 0.2) is 121 Å². The van der Waals surface area contributed by atoms with E-state index in [9.17, 15) is 0 Å². The first-order chi connectivity index (χ1) is 24.0. The number of hydrogen-bond donors (Lipinski definition) is 0. The largest absolute Gasteiger partial charge is 0.360 e. The molecule has 0 saturated heterocycles. The van der Waals surface area contributed by atoms with E-state index in [0.29, 0.717) is 18.9 Å². The fourth-order valence-electron chi connectivity index (χ4n) is 6.68. The summed E-state index contributed by atoms with van der Waals surface area (Å²) in [6.07, 6.45) is 8.81. The molecule has 7 rings (SSSR count). The predicted molar refractivity (Wildman–Crippen MR) is 212 cm³/mol. The van der Waals surface area contributed by atoms with Gasteiger partial charge >= 0.3 is 0 Å². The van der Waals surface area contributed by atoms with Crippen molar-refractivity contribution in [1.82, 2.24) is 14.5 Å². The Bertz CT molecular complexity index is 2330. The molecule has 2 aromatic heterocycles. The Morgan fingerprint density at radius 2 is 1.32 bits per heavy atom. The lowest BCUT2D eigenvalue weighted by Gasteiger charge is -2.24. The Hall–Kier alpha value is -4.78. The first-order valence-electron chi connectivity index (χ1n) is 17.1. The normalized spacial score (nSPS) is 12.5. The third kappa shape index (κ3) is 6.70. The van der Waals surface area contributed by atoms with Gasteiger partial charge in [-0.1, -0.05) is 112 Å². The van der Waals surface area contributed by atoms with E-state index in [4.69, 9.17) is 14.7 Å². The third-order valence-corrected chi connectivity index (χ3v) is 10.6. The van der Waals surface area contributed by atoms with Crippen LogP contribution in [0.1, 0.15) is 26.3 Å². The maximum atomic E-state index is 15.2. The van der Waals surface area contributed by atoms with Gasteiger partial charge in [-0.2, -0.15) is 0 Å². The summed E-state index contributed by atoms with van der Waals surface area (Å²) in [5, 5.41) is 2.43. The molecule has 0 radical (unpaired) electrons. The van der Waals surface area contributed by atoms with Crippen LogP contribution in [-0.2, 0) is 16.9 Å². The standard InChI is InChI=1S/C44H44FN3OS/c1-44(2,3)38-28-31(27-30-15-7-8-16-32(30)38)41-42-40(23-24-46-41)48(29-49-25-26-50(4,5)6)43(47-42)37-21-12-11-19-35(37)33-17-9-10-18-34(33)36-20-13-14-22-39(36)45/h7-24,27-28H,25-26,29H2,1-6H3. The minimum atomic E-state index is -0.715. The number of ether oxygens (including phenoxy) is 1. The van der Waals surface area contributed by atoms with E-state index < -0.39 is 10.0 Å². The van der Waals surface area contributed by atoms with Crippen molar-refractivity contribution in [2.24, 2.45) is 0 Å². The summed E-state index contributed by atoms with van der Waals surface area (Å²) < 4.78 is 23.8. The number of pyridine rings is 1. The zero-order valence-corrected chi connectivity index (χ0v) is 30.5. The van der Waals surface area contributed by atoms with Crippen molar-refractivity contribution < 1.29 is 9.13 Å². The van der Waals surface area contributed by atoms with Gasteiger partial charge < -0.3 is 4.74 Å². The smallest absolute Gasteiger partial charge is 0.143 e. The highest BCUT2D eigenvalue weighted by atomic mass is 32.3. The highest BCUT2D eigenvalue weighted by molar-refractivity contribution is 8.32. The van der Waals surface area contributed by atoms with Crippen LogP contribution in [0, 0.1) is 5.82 Å². The van der Waals surface area contributed by atoms with Gasteiger partial charge in [0.2, 0.25) is 0 Å². The fraction of sp³-hybridized carbons (Fsp3) is 0.227. The summed E-state index contributed by atoms with van der Waals surface area (Å²) in [6, 6.07) is 38.4. The van der Waals surface area contributed by atoms with Crippen LogP contribution in [0.25, 0.3) is 66.7 Å².